The van der Waals surface area contributed by atoms with E-state index in [1.54, 1.807) is 19.1 Å². The van der Waals surface area contributed by atoms with Gasteiger partial charge in [-0.25, -0.2) is 19.2 Å². The van der Waals surface area contributed by atoms with Crippen LogP contribution in [-0.2, 0) is 4.79 Å². The molecule has 5 rings (SSSR count). The number of carbonyl (C=O) groups excluding carboxylic acids is 2. The quantitative estimate of drug-likeness (QED) is 0.250. The Hall–Kier alpha value is -5.59. The zero-order valence-electron chi connectivity index (χ0n) is 20.2. The van der Waals surface area contributed by atoms with Crippen LogP contribution in [0.4, 0.5) is 16.2 Å². The minimum atomic E-state index is -1.17. The van der Waals surface area contributed by atoms with Crippen LogP contribution in [0.1, 0.15) is 39.2 Å². The van der Waals surface area contributed by atoms with Gasteiger partial charge in [-0.15, -0.1) is 0 Å². The zero-order valence-corrected chi connectivity index (χ0v) is 20.2. The molecule has 0 saturated carbocycles. The summed E-state index contributed by atoms with van der Waals surface area (Å²) in [5.41, 5.74) is 7.29. The number of carbonyl (C=O) groups is 3. The van der Waals surface area contributed by atoms with Gasteiger partial charge in [0.1, 0.15) is 23.2 Å². The molecular formula is C26H20FN7O5. The number of aliphatic imine (C=N–C) groups is 1. The van der Waals surface area contributed by atoms with Crippen molar-refractivity contribution in [3.63, 3.8) is 0 Å². The molecule has 196 valence electrons. The molecule has 12 nitrogen and oxygen atoms in total. The Bertz CT molecular complexity index is 1710. The Labute approximate surface area is 219 Å². The number of aromatic carboxylic acids is 1. The van der Waals surface area contributed by atoms with Crippen LogP contribution in [-0.4, -0.2) is 38.8 Å². The van der Waals surface area contributed by atoms with E-state index < -0.39 is 29.6 Å². The molecule has 1 aliphatic rings. The fourth-order valence-electron chi connectivity index (χ4n) is 4.01. The maximum Gasteiger partial charge on any atom is 0.335 e. The minimum absolute atomic E-state index is 0.0245. The highest BCUT2D eigenvalue weighted by Crippen LogP contribution is 2.32. The average Bonchev–Trinajstić information content (AvgIpc) is 3.29. The van der Waals surface area contributed by atoms with Gasteiger partial charge in [0.25, 0.3) is 5.91 Å². The van der Waals surface area contributed by atoms with Gasteiger partial charge >= 0.3 is 12.0 Å². The Morgan fingerprint density at radius 3 is 2.69 bits per heavy atom. The van der Waals surface area contributed by atoms with Gasteiger partial charge < -0.3 is 25.9 Å². The Morgan fingerprint density at radius 1 is 1.10 bits per heavy atom. The van der Waals surface area contributed by atoms with Gasteiger partial charge in [0.15, 0.2) is 5.58 Å². The van der Waals surface area contributed by atoms with Gasteiger partial charge in [-0.3, -0.25) is 14.9 Å². The molecule has 4 aromatic rings. The number of hydrogen-bond donors (Lipinski definition) is 5. The molecule has 6 N–H and O–H groups in total. The summed E-state index contributed by atoms with van der Waals surface area (Å²) in [6.07, 6.45) is 1.26. The number of aromatic nitrogens is 2. The van der Waals surface area contributed by atoms with E-state index in [1.165, 1.54) is 48.7 Å². The van der Waals surface area contributed by atoms with Gasteiger partial charge in [-0.2, -0.15) is 4.98 Å². The molecular weight excluding hydrogens is 509 g/mol. The molecule has 1 atom stereocenters. The Morgan fingerprint density at radius 2 is 1.92 bits per heavy atom. The van der Waals surface area contributed by atoms with E-state index in [0.29, 0.717) is 16.8 Å². The number of halogens is 1. The molecule has 1 aliphatic heterocycles. The predicted molar refractivity (Wildman–Crippen MR) is 138 cm³/mol. The number of rotatable bonds is 6. The van der Waals surface area contributed by atoms with E-state index in [4.69, 9.17) is 10.2 Å². The number of carboxylic acids is 1. The van der Waals surface area contributed by atoms with E-state index in [0.717, 1.165) is 0 Å². The van der Waals surface area contributed by atoms with E-state index in [-0.39, 0.29) is 40.1 Å². The number of nitrogens with two attached hydrogens (primary N) is 1. The number of hydrogen-bond acceptors (Lipinski definition) is 9. The third-order valence-electron chi connectivity index (χ3n) is 5.80. The number of primary amides is 1. The van der Waals surface area contributed by atoms with Crippen LogP contribution >= 0.6 is 0 Å². The first-order valence-electron chi connectivity index (χ1n) is 11.5. The summed E-state index contributed by atoms with van der Waals surface area (Å²) in [4.78, 5) is 49.5. The molecule has 2 amide bonds. The summed E-state index contributed by atoms with van der Waals surface area (Å²) in [7, 11) is 0. The highest BCUT2D eigenvalue weighted by molar-refractivity contribution is 6.07. The molecule has 0 fully saturated rings. The molecule has 1 unspecified atom stereocenters. The Balaban J connectivity index is 1.50. The van der Waals surface area contributed by atoms with Crippen molar-refractivity contribution >= 4 is 46.7 Å². The number of oxazole rings is 1. The molecule has 13 heteroatoms. The van der Waals surface area contributed by atoms with Crippen LogP contribution in [0.15, 0.2) is 81.5 Å². The molecule has 0 radical (unpaired) electrons. The number of benzene rings is 2. The largest absolute Gasteiger partial charge is 0.478 e. The van der Waals surface area contributed by atoms with Gasteiger partial charge in [-0.1, -0.05) is 12.1 Å². The maximum atomic E-state index is 13.6. The number of nitrogens with zero attached hydrogens (tertiary/aromatic N) is 3. The standard InChI is InChI=1S/C26H20FN7O5/c1-12-20(23(36)32-19-10-15(24(37)38)7-8-29-19)21(13-3-2-4-14(9-13)22(28)35)33-25(30-12)34-26-31-17-6-5-16(27)11-18(17)39-26/h2-11,21H,1H3,(H2,28,35)(H,37,38)(H,29,32,36)(H2,30,31,33,34). The van der Waals surface area contributed by atoms with Crippen molar-refractivity contribution in [3.05, 3.63) is 94.6 Å². The molecule has 3 heterocycles. The predicted octanol–water partition coefficient (Wildman–Crippen LogP) is 3.18. The van der Waals surface area contributed by atoms with Crippen LogP contribution in [0.25, 0.3) is 11.1 Å². The summed E-state index contributed by atoms with van der Waals surface area (Å²) in [6.45, 7) is 1.64. The van der Waals surface area contributed by atoms with Crippen LogP contribution in [0.5, 0.6) is 0 Å². The minimum Gasteiger partial charge on any atom is -0.478 e. The highest BCUT2D eigenvalue weighted by atomic mass is 19.1. The van der Waals surface area contributed by atoms with Gasteiger partial charge in [0.05, 0.1) is 11.1 Å². The van der Waals surface area contributed by atoms with Crippen LogP contribution in [0.3, 0.4) is 0 Å². The molecule has 0 saturated heterocycles. The number of nitrogens with one attached hydrogen (secondary N) is 3. The van der Waals surface area contributed by atoms with E-state index >= 15 is 0 Å². The average molecular weight is 529 g/mol. The number of guanidine groups is 1. The molecule has 39 heavy (non-hydrogen) atoms. The number of anilines is 2. The van der Waals surface area contributed by atoms with Crippen molar-refractivity contribution in [1.82, 2.24) is 15.3 Å². The van der Waals surface area contributed by atoms with Crippen molar-refractivity contribution in [1.29, 1.82) is 0 Å². The fourth-order valence-corrected chi connectivity index (χ4v) is 4.01. The summed E-state index contributed by atoms with van der Waals surface area (Å²) in [6, 6.07) is 11.9. The number of fused-ring (bicyclic) bond motifs is 1. The molecule has 0 spiro atoms. The lowest BCUT2D eigenvalue weighted by Gasteiger charge is -2.26. The number of pyridine rings is 1. The number of allylic oxidation sites excluding steroid dienone is 1. The molecule has 0 bridgehead atoms. The van der Waals surface area contributed by atoms with Crippen molar-refractivity contribution in [2.45, 2.75) is 13.0 Å². The van der Waals surface area contributed by atoms with Crippen molar-refractivity contribution in [2.24, 2.45) is 10.7 Å². The number of amides is 2. The monoisotopic (exact) mass is 529 g/mol. The number of carboxylic acid groups (broad SMARTS) is 1. The second kappa shape index (κ2) is 10.0. The van der Waals surface area contributed by atoms with Gasteiger partial charge in [-0.05, 0) is 48.9 Å². The fraction of sp³-hybridized carbons (Fsp3) is 0.0769. The lowest BCUT2D eigenvalue weighted by atomic mass is 9.94. The molecule has 0 aliphatic carbocycles. The SMILES string of the molecule is CC1=C(C(=O)Nc2cc(C(=O)O)ccn2)C(c2cccc(C(N)=O)c2)N=C(Nc2nc3ccc(F)cc3o2)N1. The van der Waals surface area contributed by atoms with Gasteiger partial charge in [0, 0.05) is 23.5 Å². The van der Waals surface area contributed by atoms with Crippen molar-refractivity contribution in [2.75, 3.05) is 10.6 Å². The molecule has 2 aromatic heterocycles. The second-order valence-electron chi connectivity index (χ2n) is 8.48. The lowest BCUT2D eigenvalue weighted by molar-refractivity contribution is -0.113. The topological polar surface area (TPSA) is 185 Å². The Kier molecular flexibility index (Phi) is 6.46. The third-order valence-corrected chi connectivity index (χ3v) is 5.80. The van der Waals surface area contributed by atoms with Crippen LogP contribution < -0.4 is 21.7 Å². The normalized spacial score (nSPS) is 14.9. The van der Waals surface area contributed by atoms with Crippen molar-refractivity contribution < 1.29 is 28.3 Å². The summed E-state index contributed by atoms with van der Waals surface area (Å²) in [5.74, 6) is -2.73. The first-order valence-corrected chi connectivity index (χ1v) is 11.5. The first-order chi connectivity index (χ1) is 18.7. The van der Waals surface area contributed by atoms with E-state index in [9.17, 15) is 23.9 Å². The molecule has 2 aromatic carbocycles. The lowest BCUT2D eigenvalue weighted by Crippen LogP contribution is -2.37. The van der Waals surface area contributed by atoms with Gasteiger partial charge in [0.2, 0.25) is 11.9 Å². The van der Waals surface area contributed by atoms with E-state index in [2.05, 4.69) is 30.9 Å². The van der Waals surface area contributed by atoms with Crippen LogP contribution in [0, 0.1) is 5.82 Å². The smallest absolute Gasteiger partial charge is 0.335 e. The summed E-state index contributed by atoms with van der Waals surface area (Å²) in [5, 5.41) is 17.7. The highest BCUT2D eigenvalue weighted by Gasteiger charge is 2.30. The summed E-state index contributed by atoms with van der Waals surface area (Å²) >= 11 is 0. The maximum absolute atomic E-state index is 13.6. The first kappa shape index (κ1) is 25.1. The summed E-state index contributed by atoms with van der Waals surface area (Å²) < 4.78 is 19.1. The zero-order chi connectivity index (χ0) is 27.7. The second-order valence-corrected chi connectivity index (χ2v) is 8.48. The third kappa shape index (κ3) is 5.27. The van der Waals surface area contributed by atoms with E-state index in [1.807, 2.05) is 0 Å². The van der Waals surface area contributed by atoms with Crippen LogP contribution in [0.2, 0.25) is 0 Å². The van der Waals surface area contributed by atoms with Crippen molar-refractivity contribution in [3.8, 4) is 0 Å².